The Morgan fingerprint density at radius 1 is 1.38 bits per heavy atom. The van der Waals surface area contributed by atoms with Crippen molar-refractivity contribution in [2.24, 2.45) is 0 Å². The second kappa shape index (κ2) is 5.53. The van der Waals surface area contributed by atoms with Crippen molar-refractivity contribution >= 4 is 0 Å². The molecule has 1 heterocycles. The van der Waals surface area contributed by atoms with Gasteiger partial charge in [0, 0.05) is 6.54 Å². The molecule has 0 radical (unpaired) electrons. The number of aryl methyl sites for hydroxylation is 2. The summed E-state index contributed by atoms with van der Waals surface area (Å²) >= 11 is 0. The Kier molecular flexibility index (Phi) is 3.72. The van der Waals surface area contributed by atoms with Crippen LogP contribution in [0.4, 0.5) is 0 Å². The third kappa shape index (κ3) is 2.23. The summed E-state index contributed by atoms with van der Waals surface area (Å²) in [5, 5.41) is 15.9. The van der Waals surface area contributed by atoms with Gasteiger partial charge in [-0.15, -0.1) is 0 Å². The summed E-state index contributed by atoms with van der Waals surface area (Å²) in [5.41, 5.74) is 2.00. The Balaban J connectivity index is 2.18. The molecule has 112 valence electrons. The van der Waals surface area contributed by atoms with Crippen molar-refractivity contribution in [1.82, 2.24) is 9.78 Å². The van der Waals surface area contributed by atoms with Crippen molar-refractivity contribution in [2.75, 3.05) is 7.11 Å². The molecule has 0 spiro atoms. The first-order valence-corrected chi connectivity index (χ1v) is 7.61. The second-order valence-electron chi connectivity index (χ2n) is 5.66. The number of methoxy groups -OCH3 is 1. The summed E-state index contributed by atoms with van der Waals surface area (Å²) in [5.74, 6) is 0.669. The Bertz CT molecular complexity index is 635. The molecule has 2 aromatic rings. The van der Waals surface area contributed by atoms with E-state index in [1.165, 1.54) is 5.56 Å². The molecule has 1 aliphatic rings. The Morgan fingerprint density at radius 2 is 2.19 bits per heavy atom. The highest BCUT2D eigenvalue weighted by atomic mass is 16.5. The first-order chi connectivity index (χ1) is 10.2. The van der Waals surface area contributed by atoms with E-state index in [0.29, 0.717) is 12.2 Å². The molecular formula is C17H22N2O2. The number of aromatic nitrogens is 2. The summed E-state index contributed by atoms with van der Waals surface area (Å²) in [6.07, 6.45) is 5.36. The zero-order valence-electron chi connectivity index (χ0n) is 12.7. The maximum absolute atomic E-state index is 11.5. The summed E-state index contributed by atoms with van der Waals surface area (Å²) in [7, 11) is 1.63. The van der Waals surface area contributed by atoms with E-state index in [1.807, 2.05) is 22.9 Å². The first kappa shape index (κ1) is 14.1. The van der Waals surface area contributed by atoms with Gasteiger partial charge in [-0.1, -0.05) is 31.2 Å². The number of hydrogen-bond donors (Lipinski definition) is 1. The molecule has 1 atom stereocenters. The normalized spacial score (nSPS) is 21.1. The summed E-state index contributed by atoms with van der Waals surface area (Å²) in [6.45, 7) is 2.89. The maximum atomic E-state index is 11.5. The minimum Gasteiger partial charge on any atom is -0.493 e. The van der Waals surface area contributed by atoms with Crippen LogP contribution < -0.4 is 4.74 Å². The van der Waals surface area contributed by atoms with Gasteiger partial charge >= 0.3 is 0 Å². The van der Waals surface area contributed by atoms with Crippen molar-refractivity contribution in [1.29, 1.82) is 0 Å². The topological polar surface area (TPSA) is 47.3 Å². The average molecular weight is 286 g/mol. The van der Waals surface area contributed by atoms with Gasteiger partial charge in [-0.25, -0.2) is 0 Å². The van der Waals surface area contributed by atoms with Crippen LogP contribution in [0.2, 0.25) is 0 Å². The highest BCUT2D eigenvalue weighted by Crippen LogP contribution is 2.43. The number of rotatable bonds is 4. The Labute approximate surface area is 125 Å². The third-order valence-electron chi connectivity index (χ3n) is 4.30. The lowest BCUT2D eigenvalue weighted by Gasteiger charge is -2.35. The van der Waals surface area contributed by atoms with Crippen molar-refractivity contribution in [3.05, 3.63) is 47.3 Å². The van der Waals surface area contributed by atoms with Gasteiger partial charge in [-0.3, -0.25) is 4.68 Å². The molecule has 1 unspecified atom stereocenters. The number of hydrogen-bond acceptors (Lipinski definition) is 3. The van der Waals surface area contributed by atoms with Gasteiger partial charge in [0.05, 0.1) is 13.3 Å². The summed E-state index contributed by atoms with van der Waals surface area (Å²) in [4.78, 5) is 0. The number of nitrogens with zero attached hydrogens (tertiary/aromatic N) is 2. The van der Waals surface area contributed by atoms with Crippen LogP contribution in [-0.4, -0.2) is 22.0 Å². The van der Waals surface area contributed by atoms with Crippen LogP contribution in [0.5, 0.6) is 5.75 Å². The molecule has 0 saturated carbocycles. The predicted molar refractivity (Wildman–Crippen MR) is 81.4 cm³/mol. The van der Waals surface area contributed by atoms with Gasteiger partial charge in [0.25, 0.3) is 0 Å². The smallest absolute Gasteiger partial charge is 0.163 e. The SMILES string of the molecule is CCCn1ncc(OC)c1C1(O)CCCc2ccccc21. The van der Waals surface area contributed by atoms with Gasteiger partial charge < -0.3 is 9.84 Å². The van der Waals surface area contributed by atoms with Gasteiger partial charge in [0.2, 0.25) is 0 Å². The van der Waals surface area contributed by atoms with E-state index in [1.54, 1.807) is 13.3 Å². The van der Waals surface area contributed by atoms with Crippen LogP contribution in [0.15, 0.2) is 30.5 Å². The highest BCUT2D eigenvalue weighted by Gasteiger charge is 2.41. The molecular weight excluding hydrogens is 264 g/mol. The van der Waals surface area contributed by atoms with Gasteiger partial charge in [-0.2, -0.15) is 5.10 Å². The molecule has 1 aromatic carbocycles. The lowest BCUT2D eigenvalue weighted by Crippen LogP contribution is -2.35. The number of fused-ring (bicyclic) bond motifs is 1. The Hall–Kier alpha value is -1.81. The zero-order valence-corrected chi connectivity index (χ0v) is 12.7. The molecule has 0 bridgehead atoms. The van der Waals surface area contributed by atoms with E-state index in [9.17, 15) is 5.11 Å². The second-order valence-corrected chi connectivity index (χ2v) is 5.66. The summed E-state index contributed by atoms with van der Waals surface area (Å²) in [6, 6.07) is 8.15. The largest absolute Gasteiger partial charge is 0.493 e. The zero-order chi connectivity index (χ0) is 14.9. The predicted octanol–water partition coefficient (Wildman–Crippen LogP) is 2.87. The minimum atomic E-state index is -1.01. The number of benzene rings is 1. The van der Waals surface area contributed by atoms with E-state index < -0.39 is 5.60 Å². The number of ether oxygens (including phenoxy) is 1. The van der Waals surface area contributed by atoms with Crippen LogP contribution in [0.1, 0.15) is 43.0 Å². The van der Waals surface area contributed by atoms with Gasteiger partial charge in [-0.05, 0) is 36.8 Å². The minimum absolute atomic E-state index is 0.669. The molecule has 0 saturated heterocycles. The van der Waals surface area contributed by atoms with Gasteiger partial charge in [0.15, 0.2) is 5.75 Å². The van der Waals surface area contributed by atoms with E-state index >= 15 is 0 Å². The first-order valence-electron chi connectivity index (χ1n) is 7.61. The fraction of sp³-hybridized carbons (Fsp3) is 0.471. The highest BCUT2D eigenvalue weighted by molar-refractivity contribution is 5.45. The van der Waals surface area contributed by atoms with Gasteiger partial charge in [0.1, 0.15) is 11.3 Å². The average Bonchev–Trinajstić information content (AvgIpc) is 2.92. The van der Waals surface area contributed by atoms with Crippen molar-refractivity contribution in [3.8, 4) is 5.75 Å². The molecule has 4 nitrogen and oxygen atoms in total. The van der Waals surface area contributed by atoms with Crippen LogP contribution in [0.25, 0.3) is 0 Å². The Morgan fingerprint density at radius 3 is 2.95 bits per heavy atom. The molecule has 0 aliphatic heterocycles. The third-order valence-corrected chi connectivity index (χ3v) is 4.30. The molecule has 0 amide bonds. The van der Waals surface area contributed by atoms with Crippen LogP contribution in [-0.2, 0) is 18.6 Å². The van der Waals surface area contributed by atoms with Crippen molar-refractivity contribution in [3.63, 3.8) is 0 Å². The molecule has 21 heavy (non-hydrogen) atoms. The van der Waals surface area contributed by atoms with E-state index in [2.05, 4.69) is 18.1 Å². The molecule has 3 rings (SSSR count). The molecule has 0 fully saturated rings. The van der Waals surface area contributed by atoms with Crippen LogP contribution in [0.3, 0.4) is 0 Å². The number of aliphatic hydroxyl groups is 1. The molecule has 1 aromatic heterocycles. The van der Waals surface area contributed by atoms with Crippen LogP contribution >= 0.6 is 0 Å². The lowest BCUT2D eigenvalue weighted by molar-refractivity contribution is 0.0494. The molecule has 1 N–H and O–H groups in total. The van der Waals surface area contributed by atoms with E-state index in [0.717, 1.165) is 37.1 Å². The fourth-order valence-corrected chi connectivity index (χ4v) is 3.37. The van der Waals surface area contributed by atoms with E-state index in [4.69, 9.17) is 4.74 Å². The van der Waals surface area contributed by atoms with E-state index in [-0.39, 0.29) is 0 Å². The van der Waals surface area contributed by atoms with Crippen molar-refractivity contribution < 1.29 is 9.84 Å². The fourth-order valence-electron chi connectivity index (χ4n) is 3.37. The maximum Gasteiger partial charge on any atom is 0.163 e. The monoisotopic (exact) mass is 286 g/mol. The summed E-state index contributed by atoms with van der Waals surface area (Å²) < 4.78 is 7.35. The van der Waals surface area contributed by atoms with Crippen molar-refractivity contribution in [2.45, 2.75) is 44.8 Å². The van der Waals surface area contributed by atoms with Crippen LogP contribution in [0, 0.1) is 0 Å². The standard InChI is InChI=1S/C17H22N2O2/c1-3-11-19-16(15(21-2)12-18-19)17(20)10-6-8-13-7-4-5-9-14(13)17/h4-5,7,9,12,20H,3,6,8,10-11H2,1-2H3. The molecule has 1 aliphatic carbocycles. The quantitative estimate of drug-likeness (QED) is 0.940. The lowest BCUT2D eigenvalue weighted by atomic mass is 9.77. The molecule has 4 heteroatoms.